The monoisotopic (exact) mass is 482 g/mol. The van der Waals surface area contributed by atoms with Crippen molar-refractivity contribution >= 4 is 35.2 Å². The Balaban J connectivity index is 0.00000169. The molecule has 1 aromatic carbocycles. The number of nitrogens with zero attached hydrogens (tertiary/aromatic N) is 4. The summed E-state index contributed by atoms with van der Waals surface area (Å²) >= 11 is 0. The molecular weight excluding hydrogens is 464 g/mol. The van der Waals surface area contributed by atoms with Crippen LogP contribution in [0.25, 0.3) is 16.9 Å². The molecule has 0 bridgehead atoms. The van der Waals surface area contributed by atoms with E-state index in [-0.39, 0.29) is 34.0 Å². The first kappa shape index (κ1) is 21.8. The van der Waals surface area contributed by atoms with E-state index in [1.54, 1.807) is 11.8 Å². The lowest BCUT2D eigenvalue weighted by molar-refractivity contribution is -0.510. The molecular formula is C17H20Br2N6O. The van der Waals surface area contributed by atoms with Crippen molar-refractivity contribution in [1.82, 2.24) is 15.6 Å². The fourth-order valence-corrected chi connectivity index (χ4v) is 2.53. The molecule has 9 heteroatoms. The van der Waals surface area contributed by atoms with Crippen LogP contribution in [-0.4, -0.2) is 22.3 Å². The molecule has 138 valence electrons. The summed E-state index contributed by atoms with van der Waals surface area (Å²) in [6, 6.07) is 12.4. The van der Waals surface area contributed by atoms with E-state index < -0.39 is 0 Å². The van der Waals surface area contributed by atoms with Crippen LogP contribution in [0.4, 0.5) is 0 Å². The molecule has 0 aliphatic carbocycles. The molecule has 3 N–H and O–H groups in total. The van der Waals surface area contributed by atoms with Gasteiger partial charge < -0.3 is 17.0 Å². The van der Waals surface area contributed by atoms with Gasteiger partial charge in [0.2, 0.25) is 0 Å². The lowest BCUT2D eigenvalue weighted by atomic mass is 10.1. The number of imidazole rings is 1. The van der Waals surface area contributed by atoms with E-state index in [4.69, 9.17) is 5.21 Å². The molecule has 3 rings (SSSR count). The molecule has 0 saturated carbocycles. The average Bonchev–Trinajstić information content (AvgIpc) is 2.92. The van der Waals surface area contributed by atoms with E-state index in [9.17, 15) is 0 Å². The Kier molecular flexibility index (Phi) is 8.43. The van der Waals surface area contributed by atoms with Gasteiger partial charge in [-0.3, -0.25) is 10.6 Å². The quantitative estimate of drug-likeness (QED) is 0.192. The van der Waals surface area contributed by atoms with Gasteiger partial charge in [0, 0.05) is 11.6 Å². The maximum Gasteiger partial charge on any atom is 0.286 e. The molecule has 0 unspecified atom stereocenters. The summed E-state index contributed by atoms with van der Waals surface area (Å²) in [6.07, 6.45) is 7.10. The largest absolute Gasteiger partial charge is 1.00 e. The molecule has 26 heavy (non-hydrogen) atoms. The summed E-state index contributed by atoms with van der Waals surface area (Å²) in [6.45, 7) is 2.09. The highest BCUT2D eigenvalue weighted by Gasteiger charge is 2.15. The summed E-state index contributed by atoms with van der Waals surface area (Å²) < 4.78 is 4.30. The zero-order valence-electron chi connectivity index (χ0n) is 14.3. The van der Waals surface area contributed by atoms with Gasteiger partial charge in [-0.05, 0) is 36.2 Å². The van der Waals surface area contributed by atoms with Crippen LogP contribution in [0.5, 0.6) is 0 Å². The lowest BCUT2D eigenvalue weighted by Crippen LogP contribution is -3.00. The number of pyridine rings is 1. The van der Waals surface area contributed by atoms with Gasteiger partial charge in [0.1, 0.15) is 12.5 Å². The Morgan fingerprint density at radius 3 is 2.58 bits per heavy atom. The highest BCUT2D eigenvalue weighted by Crippen LogP contribution is 2.20. The van der Waals surface area contributed by atoms with Crippen molar-refractivity contribution in [3.05, 3.63) is 59.9 Å². The number of rotatable bonds is 5. The van der Waals surface area contributed by atoms with Crippen LogP contribution < -0.4 is 32.4 Å². The first-order chi connectivity index (χ1) is 11.7. The number of fused-ring (bicyclic) bond motifs is 1. The first-order valence-corrected chi connectivity index (χ1v) is 7.46. The second kappa shape index (κ2) is 10.0. The third-order valence-corrected chi connectivity index (χ3v) is 3.76. The van der Waals surface area contributed by atoms with Crippen molar-refractivity contribution in [3.63, 3.8) is 0 Å². The second-order valence-electron chi connectivity index (χ2n) is 5.41. The van der Waals surface area contributed by atoms with Crippen LogP contribution in [0.1, 0.15) is 11.1 Å². The van der Waals surface area contributed by atoms with Crippen molar-refractivity contribution in [2.75, 3.05) is 0 Å². The predicted octanol–water partition coefficient (Wildman–Crippen LogP) is -0.833. The molecule has 7 nitrogen and oxygen atoms in total. The molecule has 0 spiro atoms. The van der Waals surface area contributed by atoms with Crippen LogP contribution in [0.2, 0.25) is 0 Å². The van der Waals surface area contributed by atoms with Crippen LogP contribution in [0.3, 0.4) is 0 Å². The second-order valence-corrected chi connectivity index (χ2v) is 5.41. The van der Waals surface area contributed by atoms with E-state index in [2.05, 4.69) is 75.2 Å². The Morgan fingerprint density at radius 2 is 1.88 bits per heavy atom. The Hall–Kier alpha value is -2.23. The van der Waals surface area contributed by atoms with E-state index in [1.165, 1.54) is 11.9 Å². The molecule has 0 saturated heterocycles. The fraction of sp³-hybridized carbons (Fsp3) is 0.118. The zero-order chi connectivity index (χ0) is 16.9. The van der Waals surface area contributed by atoms with E-state index in [0.29, 0.717) is 0 Å². The number of hydrogen-bond acceptors (Lipinski definition) is 4. The van der Waals surface area contributed by atoms with Crippen LogP contribution in [0, 0.1) is 6.92 Å². The number of nitrogens with one attached hydrogen (secondary N) is 2. The zero-order valence-corrected chi connectivity index (χ0v) is 17.6. The minimum absolute atomic E-state index is 0. The third kappa shape index (κ3) is 4.90. The van der Waals surface area contributed by atoms with Gasteiger partial charge in [0.15, 0.2) is 5.69 Å². The molecule has 0 radical (unpaired) electrons. The van der Waals surface area contributed by atoms with Crippen molar-refractivity contribution in [2.45, 2.75) is 6.92 Å². The maximum absolute atomic E-state index is 8.27. The number of hydrogen-bond donors (Lipinski definition) is 3. The lowest BCUT2D eigenvalue weighted by Gasteiger charge is -1.99. The SMILES string of the molecule is Br.Cc1cc[n+]2cc(-c3ccc(/C=N/N/C=N/NO)cc3)n(C)c2c1.[Br-]. The molecule has 0 aliphatic rings. The van der Waals surface area contributed by atoms with Crippen LogP contribution >= 0.6 is 17.0 Å². The molecule has 3 aromatic rings. The maximum atomic E-state index is 8.27. The van der Waals surface area contributed by atoms with Gasteiger partial charge >= 0.3 is 0 Å². The summed E-state index contributed by atoms with van der Waals surface area (Å²) in [7, 11) is 2.07. The molecule has 0 atom stereocenters. The van der Waals surface area contributed by atoms with Gasteiger partial charge in [-0.2, -0.15) is 10.7 Å². The third-order valence-electron chi connectivity index (χ3n) is 3.76. The number of hydrazone groups is 2. The van der Waals surface area contributed by atoms with Gasteiger partial charge in [0.05, 0.1) is 19.5 Å². The van der Waals surface area contributed by atoms with E-state index >= 15 is 0 Å². The van der Waals surface area contributed by atoms with Crippen LogP contribution in [-0.2, 0) is 7.05 Å². The van der Waals surface area contributed by atoms with E-state index in [1.807, 2.05) is 12.1 Å². The first-order valence-electron chi connectivity index (χ1n) is 7.46. The Bertz CT molecular complexity index is 906. The topological polar surface area (TPSA) is 78.0 Å². The average molecular weight is 484 g/mol. The minimum atomic E-state index is 0. The molecule has 0 amide bonds. The molecule has 0 fully saturated rings. The highest BCUT2D eigenvalue weighted by atomic mass is 79.9. The molecule has 2 aromatic heterocycles. The Morgan fingerprint density at radius 1 is 1.15 bits per heavy atom. The number of aryl methyl sites for hydroxylation is 2. The minimum Gasteiger partial charge on any atom is -1.00 e. The molecule has 2 heterocycles. The number of aromatic nitrogens is 2. The van der Waals surface area contributed by atoms with Gasteiger partial charge in [-0.15, -0.1) is 22.1 Å². The normalized spacial score (nSPS) is 10.7. The summed E-state index contributed by atoms with van der Waals surface area (Å²) in [4.78, 5) is 0. The van der Waals surface area contributed by atoms with Gasteiger partial charge in [-0.25, -0.2) is 8.97 Å². The fourth-order valence-electron chi connectivity index (χ4n) is 2.53. The summed E-state index contributed by atoms with van der Waals surface area (Å²) in [5, 5.41) is 15.6. The van der Waals surface area contributed by atoms with Crippen LogP contribution in [0.15, 0.2) is 59.0 Å². The summed E-state index contributed by atoms with van der Waals surface area (Å²) in [5.74, 6) is 0. The predicted molar refractivity (Wildman–Crippen MR) is 103 cm³/mol. The van der Waals surface area contributed by atoms with Gasteiger partial charge in [-0.1, -0.05) is 12.1 Å². The van der Waals surface area contributed by atoms with Crippen molar-refractivity contribution in [2.24, 2.45) is 17.3 Å². The van der Waals surface area contributed by atoms with Crippen molar-refractivity contribution < 1.29 is 26.6 Å². The number of benzene rings is 1. The standard InChI is InChI=1S/C17H19N6O.2BrH/c1-13-7-8-23-11-16(22(2)17(23)9-13)15-5-3-14(4-6-15)10-18-19-12-20-21-24;;/h3-12,21,24H,1-2H3,(H,19,20);2*1H/q+1;;/p-1/b18-10+;;. The van der Waals surface area contributed by atoms with Crippen molar-refractivity contribution in [1.29, 1.82) is 0 Å². The highest BCUT2D eigenvalue weighted by molar-refractivity contribution is 8.93. The molecule has 0 aliphatic heterocycles. The number of halogens is 2. The summed E-state index contributed by atoms with van der Waals surface area (Å²) in [5.41, 5.74) is 9.82. The smallest absolute Gasteiger partial charge is 0.286 e. The Labute approximate surface area is 172 Å². The van der Waals surface area contributed by atoms with E-state index in [0.717, 1.165) is 22.5 Å². The van der Waals surface area contributed by atoms with Gasteiger partial charge in [0.25, 0.3) is 5.65 Å². The van der Waals surface area contributed by atoms with Crippen molar-refractivity contribution in [3.8, 4) is 11.3 Å².